The molecule has 0 aromatic rings. The summed E-state index contributed by atoms with van der Waals surface area (Å²) in [5.74, 6) is 1.40. The summed E-state index contributed by atoms with van der Waals surface area (Å²) >= 11 is 0. The Morgan fingerprint density at radius 3 is 2.29 bits per heavy atom. The van der Waals surface area contributed by atoms with Crippen LogP contribution in [0.3, 0.4) is 0 Å². The third kappa shape index (κ3) is 4.96. The van der Waals surface area contributed by atoms with Crippen molar-refractivity contribution in [2.45, 2.75) is 64.3 Å². The zero-order valence-electron chi connectivity index (χ0n) is 11.2. The monoisotopic (exact) mass is 261 g/mol. The van der Waals surface area contributed by atoms with Crippen LogP contribution in [0.4, 0.5) is 0 Å². The standard InChI is InChI=1S/C13H27NO2S/c1-3-12-6-9-13(14,10-7-12)8-5-11-17(15,16)4-2/h12H,3-11,14H2,1-2H3. The van der Waals surface area contributed by atoms with Gasteiger partial charge in [0.15, 0.2) is 0 Å². The fourth-order valence-electron chi connectivity index (χ4n) is 2.70. The van der Waals surface area contributed by atoms with Crippen LogP contribution >= 0.6 is 0 Å². The Bertz CT molecular complexity index is 316. The Morgan fingerprint density at radius 2 is 1.82 bits per heavy atom. The fourth-order valence-corrected chi connectivity index (χ4v) is 3.57. The third-order valence-corrected chi connectivity index (χ3v) is 6.04. The van der Waals surface area contributed by atoms with E-state index in [4.69, 9.17) is 5.73 Å². The van der Waals surface area contributed by atoms with Crippen LogP contribution in [0.2, 0.25) is 0 Å². The van der Waals surface area contributed by atoms with Gasteiger partial charge >= 0.3 is 0 Å². The summed E-state index contributed by atoms with van der Waals surface area (Å²) < 4.78 is 22.8. The Balaban J connectivity index is 2.32. The average molecular weight is 261 g/mol. The van der Waals surface area contributed by atoms with Gasteiger partial charge in [-0.3, -0.25) is 0 Å². The zero-order chi connectivity index (χ0) is 12.9. The number of nitrogens with two attached hydrogens (primary N) is 1. The Hall–Kier alpha value is -0.0900. The molecule has 0 amide bonds. The maximum absolute atomic E-state index is 11.4. The molecule has 1 fully saturated rings. The summed E-state index contributed by atoms with van der Waals surface area (Å²) in [5, 5.41) is 0. The number of hydrogen-bond donors (Lipinski definition) is 1. The molecule has 0 aromatic heterocycles. The molecule has 0 heterocycles. The van der Waals surface area contributed by atoms with Gasteiger partial charge in [-0.05, 0) is 44.4 Å². The summed E-state index contributed by atoms with van der Waals surface area (Å²) in [4.78, 5) is 0. The predicted molar refractivity (Wildman–Crippen MR) is 72.7 cm³/mol. The molecule has 4 heteroatoms. The molecule has 0 spiro atoms. The maximum atomic E-state index is 11.4. The lowest BCUT2D eigenvalue weighted by Gasteiger charge is -2.37. The second-order valence-corrected chi connectivity index (χ2v) is 8.03. The van der Waals surface area contributed by atoms with Crippen molar-refractivity contribution in [3.63, 3.8) is 0 Å². The second-order valence-electron chi connectivity index (χ2n) is 5.55. The molecule has 2 N–H and O–H groups in total. The van der Waals surface area contributed by atoms with Crippen molar-refractivity contribution >= 4 is 9.84 Å². The van der Waals surface area contributed by atoms with Gasteiger partial charge in [0.25, 0.3) is 0 Å². The number of sulfone groups is 1. The minimum atomic E-state index is -2.82. The van der Waals surface area contributed by atoms with Crippen LogP contribution < -0.4 is 5.73 Å². The molecule has 0 radical (unpaired) electrons. The maximum Gasteiger partial charge on any atom is 0.150 e. The van der Waals surface area contributed by atoms with Crippen LogP contribution in [-0.4, -0.2) is 25.5 Å². The highest BCUT2D eigenvalue weighted by atomic mass is 32.2. The van der Waals surface area contributed by atoms with Crippen molar-refractivity contribution in [3.8, 4) is 0 Å². The van der Waals surface area contributed by atoms with E-state index in [-0.39, 0.29) is 11.3 Å². The summed E-state index contributed by atoms with van der Waals surface area (Å²) in [5.41, 5.74) is 6.26. The molecule has 1 aliphatic rings. The third-order valence-electron chi connectivity index (χ3n) is 4.25. The smallest absolute Gasteiger partial charge is 0.150 e. The molecule has 0 bridgehead atoms. The lowest BCUT2D eigenvalue weighted by atomic mass is 9.74. The van der Waals surface area contributed by atoms with Crippen LogP contribution in [0.5, 0.6) is 0 Å². The van der Waals surface area contributed by atoms with E-state index in [1.165, 1.54) is 19.3 Å². The lowest BCUT2D eigenvalue weighted by Crippen LogP contribution is -2.43. The minimum absolute atomic E-state index is 0.0884. The molecule has 1 saturated carbocycles. The Labute approximate surface area is 106 Å². The van der Waals surface area contributed by atoms with Gasteiger partial charge in [0.1, 0.15) is 9.84 Å². The van der Waals surface area contributed by atoms with Gasteiger partial charge in [-0.25, -0.2) is 8.42 Å². The predicted octanol–water partition coefficient (Wildman–Crippen LogP) is 2.50. The molecular formula is C13H27NO2S. The van der Waals surface area contributed by atoms with Crippen molar-refractivity contribution in [3.05, 3.63) is 0 Å². The first kappa shape index (κ1) is 15.0. The van der Waals surface area contributed by atoms with Crippen molar-refractivity contribution in [2.75, 3.05) is 11.5 Å². The molecule has 1 aliphatic carbocycles. The highest BCUT2D eigenvalue weighted by Crippen LogP contribution is 2.34. The molecule has 17 heavy (non-hydrogen) atoms. The minimum Gasteiger partial charge on any atom is -0.325 e. The largest absolute Gasteiger partial charge is 0.325 e. The molecule has 0 aromatic carbocycles. The topological polar surface area (TPSA) is 60.2 Å². The van der Waals surface area contributed by atoms with Crippen LogP contribution in [0.15, 0.2) is 0 Å². The van der Waals surface area contributed by atoms with Crippen molar-refractivity contribution < 1.29 is 8.42 Å². The molecule has 1 rings (SSSR count). The number of hydrogen-bond acceptors (Lipinski definition) is 3. The van der Waals surface area contributed by atoms with Gasteiger partial charge in [0.2, 0.25) is 0 Å². The van der Waals surface area contributed by atoms with E-state index in [0.717, 1.165) is 31.6 Å². The fraction of sp³-hybridized carbons (Fsp3) is 1.00. The second kappa shape index (κ2) is 6.19. The lowest BCUT2D eigenvalue weighted by molar-refractivity contribution is 0.217. The molecule has 0 atom stereocenters. The van der Waals surface area contributed by atoms with Gasteiger partial charge in [-0.2, -0.15) is 0 Å². The summed E-state index contributed by atoms with van der Waals surface area (Å²) in [6.07, 6.45) is 7.41. The first-order valence-corrected chi connectivity index (χ1v) is 8.72. The molecule has 3 nitrogen and oxygen atoms in total. The number of rotatable bonds is 6. The van der Waals surface area contributed by atoms with Crippen LogP contribution in [0.1, 0.15) is 58.8 Å². The van der Waals surface area contributed by atoms with Gasteiger partial charge in [-0.1, -0.05) is 20.3 Å². The van der Waals surface area contributed by atoms with Gasteiger partial charge in [-0.15, -0.1) is 0 Å². The van der Waals surface area contributed by atoms with Gasteiger partial charge in [0.05, 0.1) is 5.75 Å². The normalized spacial score (nSPS) is 30.4. The highest BCUT2D eigenvalue weighted by Gasteiger charge is 2.30. The van der Waals surface area contributed by atoms with E-state index < -0.39 is 9.84 Å². The quantitative estimate of drug-likeness (QED) is 0.799. The van der Waals surface area contributed by atoms with Crippen molar-refractivity contribution in [1.82, 2.24) is 0 Å². The van der Waals surface area contributed by atoms with Crippen LogP contribution in [-0.2, 0) is 9.84 Å². The molecule has 0 saturated heterocycles. The van der Waals surface area contributed by atoms with E-state index in [1.807, 2.05) is 0 Å². The zero-order valence-corrected chi connectivity index (χ0v) is 12.1. The van der Waals surface area contributed by atoms with Crippen LogP contribution in [0, 0.1) is 5.92 Å². The summed E-state index contributed by atoms with van der Waals surface area (Å²) in [6, 6.07) is 0. The van der Waals surface area contributed by atoms with E-state index in [2.05, 4.69) is 6.92 Å². The first-order chi connectivity index (χ1) is 7.91. The Kier molecular flexibility index (Phi) is 5.45. The average Bonchev–Trinajstić information content (AvgIpc) is 2.30. The Morgan fingerprint density at radius 1 is 1.24 bits per heavy atom. The molecule has 0 unspecified atom stereocenters. The first-order valence-electron chi connectivity index (χ1n) is 6.90. The van der Waals surface area contributed by atoms with E-state index >= 15 is 0 Å². The summed E-state index contributed by atoms with van der Waals surface area (Å²) in [6.45, 7) is 3.95. The van der Waals surface area contributed by atoms with Crippen LogP contribution in [0.25, 0.3) is 0 Å². The van der Waals surface area contributed by atoms with E-state index in [1.54, 1.807) is 6.92 Å². The molecular weight excluding hydrogens is 234 g/mol. The van der Waals surface area contributed by atoms with Gasteiger partial charge in [0, 0.05) is 11.3 Å². The SMILES string of the molecule is CCC1CCC(N)(CCCS(=O)(=O)CC)CC1. The van der Waals surface area contributed by atoms with E-state index in [0.29, 0.717) is 5.75 Å². The summed E-state index contributed by atoms with van der Waals surface area (Å²) in [7, 11) is -2.82. The highest BCUT2D eigenvalue weighted by molar-refractivity contribution is 7.91. The van der Waals surface area contributed by atoms with Gasteiger partial charge < -0.3 is 5.73 Å². The molecule has 102 valence electrons. The van der Waals surface area contributed by atoms with E-state index in [9.17, 15) is 8.42 Å². The van der Waals surface area contributed by atoms with Crippen molar-refractivity contribution in [1.29, 1.82) is 0 Å². The molecule has 0 aliphatic heterocycles. The van der Waals surface area contributed by atoms with Crippen molar-refractivity contribution in [2.24, 2.45) is 11.7 Å².